The summed E-state index contributed by atoms with van der Waals surface area (Å²) < 4.78 is 232. The summed E-state index contributed by atoms with van der Waals surface area (Å²) in [5.74, 6) is -8.06. The van der Waals surface area contributed by atoms with E-state index in [4.69, 9.17) is 25.2 Å². The number of amides is 2. The Balaban J connectivity index is 1.29. The Kier molecular flexibility index (Phi) is 19.7. The number of aromatic nitrogens is 5. The lowest BCUT2D eigenvalue weighted by Crippen LogP contribution is -2.35. The van der Waals surface area contributed by atoms with Crippen LogP contribution in [-0.4, -0.2) is 98.0 Å². The lowest BCUT2D eigenvalue weighted by atomic mass is 9.77. The van der Waals surface area contributed by atoms with Crippen molar-refractivity contribution in [3.05, 3.63) is 128 Å². The largest absolute Gasteiger partial charge is 0.530 e. The van der Waals surface area contributed by atoms with Gasteiger partial charge in [0.2, 0.25) is 22.7 Å². The highest BCUT2D eigenvalue weighted by atomic mass is 35.5. The van der Waals surface area contributed by atoms with Gasteiger partial charge in [0, 0.05) is 57.7 Å². The van der Waals surface area contributed by atoms with Crippen molar-refractivity contribution in [1.29, 1.82) is 0 Å². The standard InChI is InChI=1S/C59H61ClF10N7O12PS2/c1-29(2)87-90(82,88-30(3)4)89-44-18-31(5)17-33(22-47(80)81)50(44)55(6,7)25-46(79)77(91(83)84)26-43-49-41(60)14-13-38(52(49)76(73-43)28-57(63,64)65)37-12-11-36(15-16-56(8,9)92(10,85)86)71-51(37)42(21-32-19-34(61)23-35(62)20-32)72-45(78)27-75-54-48(53(74-75)59(68,69)70)39-24-40(39)58(54,66)67/h11-14,17-20,23,29-30,39-40,42,91H,21-22,24-28H2,1-10H3,(H,72,78)(H,80,81)/t39-,40+,42-/m0/s1. The number of halogens is 11. The lowest BCUT2D eigenvalue weighted by Gasteiger charge is -2.32. The van der Waals surface area contributed by atoms with Crippen molar-refractivity contribution in [2.45, 2.75) is 160 Å². The number of carbonyl (C=O) groups excluding carboxylic acids is 2. The van der Waals surface area contributed by atoms with Crippen molar-refractivity contribution in [2.75, 3.05) is 6.26 Å². The minimum atomic E-state index is -5.26. The van der Waals surface area contributed by atoms with E-state index in [9.17, 15) is 67.2 Å². The summed E-state index contributed by atoms with van der Waals surface area (Å²) in [6, 6.07) is 7.62. The third-order valence-electron chi connectivity index (χ3n) is 15.0. The van der Waals surface area contributed by atoms with Crippen LogP contribution in [0.15, 0.2) is 54.6 Å². The Morgan fingerprint density at radius 1 is 0.924 bits per heavy atom. The number of nitrogens with one attached hydrogen (secondary N) is 1. The molecule has 3 aromatic carbocycles. The van der Waals surface area contributed by atoms with Crippen molar-refractivity contribution in [3.63, 3.8) is 0 Å². The second-order valence-electron chi connectivity index (χ2n) is 24.1. The summed E-state index contributed by atoms with van der Waals surface area (Å²) in [5, 5.41) is 19.2. The van der Waals surface area contributed by atoms with Crippen LogP contribution < -0.4 is 9.84 Å². The first-order valence-electron chi connectivity index (χ1n) is 28.1. The van der Waals surface area contributed by atoms with Gasteiger partial charge >= 0.3 is 26.1 Å². The minimum Gasteiger partial charge on any atom is -0.481 e. The molecule has 2 aliphatic rings. The number of hydrogen-bond donors (Lipinski definition) is 3. The van der Waals surface area contributed by atoms with Crippen molar-refractivity contribution in [2.24, 2.45) is 5.92 Å². The number of carboxylic acid groups (broad SMARTS) is 1. The van der Waals surface area contributed by atoms with E-state index in [1.54, 1.807) is 6.92 Å². The summed E-state index contributed by atoms with van der Waals surface area (Å²) in [5.41, 5.74) is -7.80. The summed E-state index contributed by atoms with van der Waals surface area (Å²) in [6.45, 7) is 8.51. The average molecular weight is 1380 g/mol. The number of pyridine rings is 1. The molecule has 2 N–H and O–H groups in total. The van der Waals surface area contributed by atoms with E-state index < -0.39 is 200 Å². The highest BCUT2D eigenvalue weighted by molar-refractivity contribution is 7.92. The van der Waals surface area contributed by atoms with Crippen molar-refractivity contribution >= 4 is 68.8 Å². The monoisotopic (exact) mass is 1380 g/mol. The molecule has 2 aliphatic carbocycles. The topological polar surface area (TPSA) is 248 Å². The maximum Gasteiger partial charge on any atom is 0.530 e. The second-order valence-corrected chi connectivity index (χ2v) is 29.5. The van der Waals surface area contributed by atoms with Gasteiger partial charge in [0.25, 0.3) is 5.92 Å². The van der Waals surface area contributed by atoms with Gasteiger partial charge in [0.05, 0.1) is 53.1 Å². The van der Waals surface area contributed by atoms with E-state index in [1.165, 1.54) is 67.5 Å². The molecule has 0 saturated heterocycles. The number of alkyl halides is 8. The zero-order chi connectivity index (χ0) is 68.5. The normalized spacial score (nSPS) is 16.2. The summed E-state index contributed by atoms with van der Waals surface area (Å²) in [6.07, 6.45) is -13.6. The van der Waals surface area contributed by atoms with Gasteiger partial charge < -0.3 is 14.9 Å². The predicted octanol–water partition coefficient (Wildman–Crippen LogP) is 11.8. The smallest absolute Gasteiger partial charge is 0.481 e. The first-order chi connectivity index (χ1) is 42.3. The van der Waals surface area contributed by atoms with E-state index in [1.807, 2.05) is 0 Å². The Bertz CT molecular complexity index is 4230. The van der Waals surface area contributed by atoms with E-state index in [0.717, 1.165) is 42.7 Å². The highest BCUT2D eigenvalue weighted by Gasteiger charge is 2.68. The van der Waals surface area contributed by atoms with Gasteiger partial charge in [-0.2, -0.15) is 45.3 Å². The molecule has 0 radical (unpaired) electrons. The maximum atomic E-state index is 15.8. The van der Waals surface area contributed by atoms with Crippen LogP contribution in [0.3, 0.4) is 0 Å². The Labute approximate surface area is 527 Å². The number of carbonyl (C=O) groups is 3. The number of thiol groups is 1. The number of carboxylic acids is 1. The van der Waals surface area contributed by atoms with E-state index >= 15 is 17.6 Å². The molecule has 3 atom stereocenters. The molecule has 6 aromatic rings. The Morgan fingerprint density at radius 3 is 2.11 bits per heavy atom. The van der Waals surface area contributed by atoms with Gasteiger partial charge in [0.1, 0.15) is 46.6 Å². The summed E-state index contributed by atoms with van der Waals surface area (Å²) >= 11 is 6.84. The molecule has 0 aliphatic heterocycles. The number of hydrogen-bond acceptors (Lipinski definition) is 14. The molecule has 3 aromatic heterocycles. The third-order valence-corrected chi connectivity index (χ3v) is 19.8. The third kappa shape index (κ3) is 15.6. The van der Waals surface area contributed by atoms with Crippen LogP contribution in [0.2, 0.25) is 5.02 Å². The van der Waals surface area contributed by atoms with Gasteiger partial charge in [0.15, 0.2) is 15.5 Å². The van der Waals surface area contributed by atoms with E-state index in [0.29, 0.717) is 16.3 Å². The molecule has 2 amide bonds. The van der Waals surface area contributed by atoms with Gasteiger partial charge in [-0.3, -0.25) is 32.8 Å². The summed E-state index contributed by atoms with van der Waals surface area (Å²) in [7, 11) is -12.6. The fraction of sp³-hybridized carbons (Fsp3) is 0.458. The quantitative estimate of drug-likeness (QED) is 0.0234. The fourth-order valence-electron chi connectivity index (χ4n) is 11.1. The number of sulfone groups is 1. The van der Waals surface area contributed by atoms with Gasteiger partial charge in [-0.1, -0.05) is 43.5 Å². The number of benzene rings is 3. The Hall–Kier alpha value is -7.10. The molecule has 1 fully saturated rings. The van der Waals surface area contributed by atoms with E-state index in [2.05, 4.69) is 32.3 Å². The number of aryl methyl sites for hydroxylation is 1. The van der Waals surface area contributed by atoms with Gasteiger partial charge in [-0.05, 0) is 126 Å². The summed E-state index contributed by atoms with van der Waals surface area (Å²) in [4.78, 5) is 46.0. The van der Waals surface area contributed by atoms with Crippen LogP contribution >= 0.6 is 19.4 Å². The van der Waals surface area contributed by atoms with Crippen LogP contribution in [0, 0.1) is 36.3 Å². The molecule has 498 valence electrons. The van der Waals surface area contributed by atoms with Crippen molar-refractivity contribution in [3.8, 4) is 28.7 Å². The van der Waals surface area contributed by atoms with Crippen LogP contribution in [0.1, 0.15) is 136 Å². The first kappa shape index (κ1) is 70.8. The molecule has 92 heavy (non-hydrogen) atoms. The molecular formula is C59H61ClF10N7O12PS2. The van der Waals surface area contributed by atoms with E-state index in [-0.39, 0.29) is 54.7 Å². The predicted molar refractivity (Wildman–Crippen MR) is 314 cm³/mol. The number of fused-ring (bicyclic) bond motifs is 4. The number of phosphoric acid groups is 1. The maximum absolute atomic E-state index is 15.8. The number of aliphatic carboxylic acids is 1. The molecule has 8 rings (SSSR count). The molecule has 0 bridgehead atoms. The SMILES string of the molecule is Cc1cc(CC(=O)O)c(C(C)(C)CC(=O)N(Cc2nn(CC(F)(F)F)c3c(-c4ccc(C#CC(C)(C)S(C)(=O)=O)nc4[C@H](Cc4cc(F)cc(F)c4)NC(=O)Cn4nc(C(F)(F)F)c5c4C(F)(F)[C@@H]4C[C@H]54)ccc(Cl)c23)[SH](=O)=O)c(OP(=O)(OC(C)C)OC(C)C)c1. The molecule has 0 unspecified atom stereocenters. The fourth-order valence-corrected chi connectivity index (χ4v) is 13.6. The van der Waals surface area contributed by atoms with Gasteiger partial charge in [-0.15, -0.1) is 0 Å². The lowest BCUT2D eigenvalue weighted by molar-refractivity contribution is -0.143. The van der Waals surface area contributed by atoms with Crippen LogP contribution in [0.5, 0.6) is 5.75 Å². The highest BCUT2D eigenvalue weighted by Crippen LogP contribution is 2.68. The molecule has 3 heterocycles. The average Bonchev–Trinajstić information content (AvgIpc) is 1.52. The molecule has 19 nitrogen and oxygen atoms in total. The number of rotatable bonds is 23. The number of nitrogens with zero attached hydrogens (tertiary/aromatic N) is 6. The van der Waals surface area contributed by atoms with Crippen LogP contribution in [-0.2, 0) is 98.7 Å². The second kappa shape index (κ2) is 25.7. The number of phosphoric ester groups is 1. The van der Waals surface area contributed by atoms with Crippen LogP contribution in [0.4, 0.5) is 43.9 Å². The first-order valence-corrected chi connectivity index (χ1v) is 32.9. The zero-order valence-corrected chi connectivity index (χ0v) is 54.0. The Morgan fingerprint density at radius 2 is 1.54 bits per heavy atom. The van der Waals surface area contributed by atoms with Gasteiger partial charge in [-0.25, -0.2) is 39.5 Å². The van der Waals surface area contributed by atoms with Crippen molar-refractivity contribution < 1.29 is 98.4 Å². The van der Waals surface area contributed by atoms with Crippen molar-refractivity contribution in [1.82, 2.24) is 34.2 Å². The van der Waals surface area contributed by atoms with Crippen LogP contribution in [0.25, 0.3) is 22.0 Å². The zero-order valence-electron chi connectivity index (χ0n) is 50.6. The minimum absolute atomic E-state index is 0.0261. The molecular weight excluding hydrogens is 1320 g/mol. The molecule has 0 spiro atoms. The molecule has 1 saturated carbocycles. The molecule has 33 heteroatoms.